The van der Waals surface area contributed by atoms with Crippen LogP contribution < -0.4 is 10.6 Å². The monoisotopic (exact) mass is 293 g/mol. The molecule has 1 aliphatic heterocycles. The molecule has 2 atom stereocenters. The molecule has 2 heterocycles. The number of amides is 2. The van der Waals surface area contributed by atoms with Crippen molar-refractivity contribution < 1.29 is 14.1 Å². The molecule has 1 aromatic heterocycles. The molecule has 21 heavy (non-hydrogen) atoms. The van der Waals surface area contributed by atoms with Crippen LogP contribution in [-0.2, 0) is 11.3 Å². The van der Waals surface area contributed by atoms with Crippen LogP contribution in [0, 0.1) is 19.8 Å². The molecule has 2 N–H and O–H groups in total. The molecule has 1 saturated carbocycles. The number of carbonyl (C=O) groups is 1. The zero-order valence-corrected chi connectivity index (χ0v) is 12.6. The largest absolute Gasteiger partial charge is 0.378 e. The summed E-state index contributed by atoms with van der Waals surface area (Å²) in [4.78, 5) is 12.0. The van der Waals surface area contributed by atoms with Gasteiger partial charge in [0.15, 0.2) is 0 Å². The van der Waals surface area contributed by atoms with Crippen LogP contribution in [0.2, 0.25) is 0 Å². The van der Waals surface area contributed by atoms with Crippen molar-refractivity contribution in [2.45, 2.75) is 58.2 Å². The summed E-state index contributed by atoms with van der Waals surface area (Å²) in [5, 5.41) is 9.82. The number of ether oxygens (including phenoxy) is 1. The number of hydrogen-bond acceptors (Lipinski definition) is 4. The highest BCUT2D eigenvalue weighted by Crippen LogP contribution is 2.38. The Hall–Kier alpha value is -1.56. The zero-order chi connectivity index (χ0) is 14.8. The van der Waals surface area contributed by atoms with Crippen LogP contribution in [0.25, 0.3) is 0 Å². The van der Waals surface area contributed by atoms with E-state index >= 15 is 0 Å². The lowest BCUT2D eigenvalue weighted by Gasteiger charge is -2.30. The average molecular weight is 293 g/mol. The molecule has 2 fully saturated rings. The standard InChI is InChI=1S/C15H23N3O3/c1-9-13(10(2)21-18-9)8-16-15(19)17-12-5-6-20-14(7-12)11-3-4-11/h11-12,14H,3-8H2,1-2H3,(H2,16,17,19). The molecule has 0 aromatic carbocycles. The first-order valence-electron chi connectivity index (χ1n) is 7.71. The van der Waals surface area contributed by atoms with Crippen LogP contribution in [0.5, 0.6) is 0 Å². The van der Waals surface area contributed by atoms with Crippen LogP contribution >= 0.6 is 0 Å². The van der Waals surface area contributed by atoms with E-state index in [0.717, 1.165) is 42.4 Å². The van der Waals surface area contributed by atoms with Gasteiger partial charge >= 0.3 is 6.03 Å². The quantitative estimate of drug-likeness (QED) is 0.890. The summed E-state index contributed by atoms with van der Waals surface area (Å²) < 4.78 is 10.9. The second-order valence-corrected chi connectivity index (χ2v) is 6.10. The summed E-state index contributed by atoms with van der Waals surface area (Å²) in [6, 6.07) is 0.0884. The maximum absolute atomic E-state index is 12.0. The number of aryl methyl sites for hydroxylation is 2. The predicted molar refractivity (Wildman–Crippen MR) is 76.8 cm³/mol. The molecule has 6 heteroatoms. The number of carbonyl (C=O) groups excluding carboxylic acids is 1. The van der Waals surface area contributed by atoms with E-state index in [1.165, 1.54) is 12.8 Å². The number of nitrogens with zero attached hydrogens (tertiary/aromatic N) is 1. The number of aromatic nitrogens is 1. The molecule has 1 aliphatic carbocycles. The van der Waals surface area contributed by atoms with Crippen LogP contribution in [0.3, 0.4) is 0 Å². The van der Waals surface area contributed by atoms with Gasteiger partial charge in [0.25, 0.3) is 0 Å². The molecule has 2 amide bonds. The van der Waals surface area contributed by atoms with Crippen molar-refractivity contribution in [3.63, 3.8) is 0 Å². The molecule has 1 saturated heterocycles. The second-order valence-electron chi connectivity index (χ2n) is 6.10. The van der Waals surface area contributed by atoms with E-state index in [1.807, 2.05) is 13.8 Å². The van der Waals surface area contributed by atoms with Gasteiger partial charge in [-0.15, -0.1) is 0 Å². The van der Waals surface area contributed by atoms with E-state index in [0.29, 0.717) is 12.6 Å². The molecule has 2 unspecified atom stereocenters. The van der Waals surface area contributed by atoms with Crippen LogP contribution in [0.1, 0.15) is 42.7 Å². The summed E-state index contributed by atoms with van der Waals surface area (Å²) in [6.45, 7) is 4.93. The number of rotatable bonds is 4. The lowest BCUT2D eigenvalue weighted by Crippen LogP contribution is -2.46. The normalized spacial score (nSPS) is 25.6. The van der Waals surface area contributed by atoms with Crippen molar-refractivity contribution in [2.75, 3.05) is 6.61 Å². The van der Waals surface area contributed by atoms with Gasteiger partial charge in [0, 0.05) is 24.8 Å². The molecule has 6 nitrogen and oxygen atoms in total. The van der Waals surface area contributed by atoms with Crippen molar-refractivity contribution in [1.29, 1.82) is 0 Å². The Kier molecular flexibility index (Phi) is 4.14. The van der Waals surface area contributed by atoms with Crippen LogP contribution in [0.15, 0.2) is 4.52 Å². The van der Waals surface area contributed by atoms with Gasteiger partial charge < -0.3 is 19.9 Å². The maximum Gasteiger partial charge on any atom is 0.315 e. The highest BCUT2D eigenvalue weighted by atomic mass is 16.5. The van der Waals surface area contributed by atoms with E-state index in [4.69, 9.17) is 9.26 Å². The molecular formula is C15H23N3O3. The van der Waals surface area contributed by atoms with Gasteiger partial charge in [-0.2, -0.15) is 0 Å². The van der Waals surface area contributed by atoms with Gasteiger partial charge in [-0.25, -0.2) is 4.79 Å². The van der Waals surface area contributed by atoms with E-state index in [-0.39, 0.29) is 12.1 Å². The Labute approximate surface area is 124 Å². The summed E-state index contributed by atoms with van der Waals surface area (Å²) >= 11 is 0. The number of urea groups is 1. The Bertz CT molecular complexity index is 491. The first-order chi connectivity index (χ1) is 10.1. The predicted octanol–water partition coefficient (Wildman–Crippen LogP) is 2.05. The van der Waals surface area contributed by atoms with E-state index in [9.17, 15) is 4.79 Å². The second kappa shape index (κ2) is 6.05. The van der Waals surface area contributed by atoms with E-state index < -0.39 is 0 Å². The first kappa shape index (κ1) is 14.4. The smallest absolute Gasteiger partial charge is 0.315 e. The first-order valence-corrected chi connectivity index (χ1v) is 7.71. The SMILES string of the molecule is Cc1noc(C)c1CNC(=O)NC1CCOC(C2CC2)C1. The van der Waals surface area contributed by atoms with Gasteiger partial charge in [-0.05, 0) is 45.4 Å². The fourth-order valence-corrected chi connectivity index (χ4v) is 2.91. The molecule has 2 aliphatic rings. The van der Waals surface area contributed by atoms with Crippen molar-refractivity contribution in [1.82, 2.24) is 15.8 Å². The Morgan fingerprint density at radius 1 is 1.33 bits per heavy atom. The lowest BCUT2D eigenvalue weighted by molar-refractivity contribution is -0.00914. The fourth-order valence-electron chi connectivity index (χ4n) is 2.91. The molecule has 0 bridgehead atoms. The Morgan fingerprint density at radius 3 is 2.81 bits per heavy atom. The molecule has 3 rings (SSSR count). The van der Waals surface area contributed by atoms with Gasteiger partial charge in [0.05, 0.1) is 11.8 Å². The van der Waals surface area contributed by atoms with Crippen molar-refractivity contribution in [3.8, 4) is 0 Å². The maximum atomic E-state index is 12.0. The number of hydrogen-bond donors (Lipinski definition) is 2. The minimum atomic E-state index is -0.128. The fraction of sp³-hybridized carbons (Fsp3) is 0.733. The molecule has 0 radical (unpaired) electrons. The third-order valence-corrected chi connectivity index (χ3v) is 4.41. The summed E-state index contributed by atoms with van der Waals surface area (Å²) in [5.41, 5.74) is 1.78. The number of nitrogens with one attached hydrogen (secondary N) is 2. The van der Waals surface area contributed by atoms with Crippen LogP contribution in [0.4, 0.5) is 4.79 Å². The third kappa shape index (κ3) is 3.56. The lowest BCUT2D eigenvalue weighted by atomic mass is 10.0. The molecular weight excluding hydrogens is 270 g/mol. The highest BCUT2D eigenvalue weighted by molar-refractivity contribution is 5.74. The van der Waals surface area contributed by atoms with Crippen molar-refractivity contribution in [3.05, 3.63) is 17.0 Å². The average Bonchev–Trinajstić information content (AvgIpc) is 3.25. The Morgan fingerprint density at radius 2 is 2.14 bits per heavy atom. The Balaban J connectivity index is 1.45. The highest BCUT2D eigenvalue weighted by Gasteiger charge is 2.36. The van der Waals surface area contributed by atoms with Gasteiger partial charge in [0.2, 0.25) is 0 Å². The molecule has 0 spiro atoms. The van der Waals surface area contributed by atoms with Gasteiger partial charge in [-0.1, -0.05) is 5.16 Å². The van der Waals surface area contributed by atoms with E-state index in [1.54, 1.807) is 0 Å². The minimum absolute atomic E-state index is 0.128. The molecule has 1 aromatic rings. The summed E-state index contributed by atoms with van der Waals surface area (Å²) in [5.74, 6) is 1.48. The minimum Gasteiger partial charge on any atom is -0.378 e. The topological polar surface area (TPSA) is 76.4 Å². The summed E-state index contributed by atoms with van der Waals surface area (Å²) in [7, 11) is 0. The van der Waals surface area contributed by atoms with Crippen molar-refractivity contribution >= 4 is 6.03 Å². The van der Waals surface area contributed by atoms with Gasteiger partial charge in [0.1, 0.15) is 5.76 Å². The molecule has 116 valence electrons. The third-order valence-electron chi connectivity index (χ3n) is 4.41. The van der Waals surface area contributed by atoms with Gasteiger partial charge in [-0.3, -0.25) is 0 Å². The van der Waals surface area contributed by atoms with E-state index in [2.05, 4.69) is 15.8 Å². The van der Waals surface area contributed by atoms with Crippen LogP contribution in [-0.4, -0.2) is 29.9 Å². The van der Waals surface area contributed by atoms with Crippen molar-refractivity contribution in [2.24, 2.45) is 5.92 Å². The summed E-state index contributed by atoms with van der Waals surface area (Å²) in [6.07, 6.45) is 4.71. The zero-order valence-electron chi connectivity index (χ0n) is 12.6.